The van der Waals surface area contributed by atoms with E-state index >= 15 is 0 Å². The number of urea groups is 1. The molecule has 0 radical (unpaired) electrons. The van der Waals surface area contributed by atoms with Crippen LogP contribution in [0.5, 0.6) is 0 Å². The Bertz CT molecular complexity index is 740. The number of nitrogens with zero attached hydrogens (tertiary/aromatic N) is 2. The van der Waals surface area contributed by atoms with Gasteiger partial charge in [0.1, 0.15) is 6.42 Å². The van der Waals surface area contributed by atoms with Crippen LogP contribution in [0.25, 0.3) is 10.9 Å². The van der Waals surface area contributed by atoms with Crippen molar-refractivity contribution >= 4 is 46.0 Å². The summed E-state index contributed by atoms with van der Waals surface area (Å²) in [4.78, 5) is 40.0. The van der Waals surface area contributed by atoms with Crippen LogP contribution in [0.2, 0.25) is 5.02 Å². The van der Waals surface area contributed by atoms with E-state index < -0.39 is 17.8 Å². The Morgan fingerprint density at radius 3 is 2.75 bits per heavy atom. The second kappa shape index (κ2) is 4.57. The molecule has 20 heavy (non-hydrogen) atoms. The molecule has 0 bridgehead atoms. The number of imide groups is 2. The molecule has 0 spiro atoms. The molecule has 0 atom stereocenters. The number of nitrogens with one attached hydrogen (secondary N) is 1. The van der Waals surface area contributed by atoms with Gasteiger partial charge in [0.25, 0.3) is 0 Å². The molecule has 2 heterocycles. The predicted octanol–water partition coefficient (Wildman–Crippen LogP) is 1.86. The number of carbonyl (C=O) groups excluding carboxylic acids is 3. The molecule has 1 aromatic heterocycles. The van der Waals surface area contributed by atoms with E-state index in [0.29, 0.717) is 21.6 Å². The van der Waals surface area contributed by atoms with Gasteiger partial charge in [-0.15, -0.1) is 0 Å². The average Bonchev–Trinajstić information content (AvgIpc) is 2.40. The lowest BCUT2D eigenvalue weighted by Gasteiger charge is -2.25. The fourth-order valence-electron chi connectivity index (χ4n) is 2.10. The smallest absolute Gasteiger partial charge is 0.277 e. The zero-order chi connectivity index (χ0) is 14.3. The molecule has 100 valence electrons. The van der Waals surface area contributed by atoms with Crippen molar-refractivity contribution in [2.24, 2.45) is 0 Å². The fourth-order valence-corrected chi connectivity index (χ4v) is 2.31. The van der Waals surface area contributed by atoms with E-state index in [9.17, 15) is 14.4 Å². The summed E-state index contributed by atoms with van der Waals surface area (Å²) in [7, 11) is 0. The van der Waals surface area contributed by atoms with Crippen molar-refractivity contribution in [1.29, 1.82) is 0 Å². The second-order valence-electron chi connectivity index (χ2n) is 4.23. The first-order chi connectivity index (χ1) is 9.58. The molecule has 1 aliphatic rings. The lowest BCUT2D eigenvalue weighted by molar-refractivity contribution is -0.128. The molecular formula is C13H8ClN3O3. The van der Waals surface area contributed by atoms with Gasteiger partial charge < -0.3 is 0 Å². The number of fused-ring (bicyclic) bond motifs is 1. The van der Waals surface area contributed by atoms with Gasteiger partial charge in [0.05, 0.1) is 16.2 Å². The number of halogens is 1. The number of rotatable bonds is 1. The van der Waals surface area contributed by atoms with Crippen molar-refractivity contribution in [1.82, 2.24) is 10.3 Å². The van der Waals surface area contributed by atoms with Crippen LogP contribution in [-0.4, -0.2) is 22.8 Å². The molecule has 4 amide bonds. The van der Waals surface area contributed by atoms with Gasteiger partial charge in [-0.25, -0.2) is 9.69 Å². The van der Waals surface area contributed by atoms with Gasteiger partial charge in [0.2, 0.25) is 11.8 Å². The highest BCUT2D eigenvalue weighted by atomic mass is 35.5. The molecule has 7 heteroatoms. The molecule has 1 aromatic carbocycles. The Labute approximate surface area is 118 Å². The third kappa shape index (κ3) is 1.90. The third-order valence-electron chi connectivity index (χ3n) is 2.95. The Hall–Kier alpha value is -2.47. The molecular weight excluding hydrogens is 282 g/mol. The number of pyridine rings is 1. The maximum Gasteiger partial charge on any atom is 0.335 e. The molecule has 2 aromatic rings. The first-order valence-corrected chi connectivity index (χ1v) is 6.16. The van der Waals surface area contributed by atoms with Crippen LogP contribution in [0.4, 0.5) is 10.5 Å². The highest BCUT2D eigenvalue weighted by Crippen LogP contribution is 2.31. The number of amides is 4. The highest BCUT2D eigenvalue weighted by molar-refractivity contribution is 6.36. The molecule has 1 fully saturated rings. The van der Waals surface area contributed by atoms with Crippen molar-refractivity contribution < 1.29 is 14.4 Å². The Morgan fingerprint density at radius 1 is 1.20 bits per heavy atom. The van der Waals surface area contributed by atoms with Gasteiger partial charge >= 0.3 is 6.03 Å². The Balaban J connectivity index is 2.20. The molecule has 1 aliphatic heterocycles. The minimum Gasteiger partial charge on any atom is -0.277 e. The molecule has 1 N–H and O–H groups in total. The zero-order valence-corrected chi connectivity index (χ0v) is 10.8. The van der Waals surface area contributed by atoms with Crippen molar-refractivity contribution in [2.45, 2.75) is 6.42 Å². The van der Waals surface area contributed by atoms with Crippen molar-refractivity contribution in [3.05, 3.63) is 35.5 Å². The van der Waals surface area contributed by atoms with Crippen LogP contribution in [0, 0.1) is 0 Å². The summed E-state index contributed by atoms with van der Waals surface area (Å²) in [5.74, 6) is -1.20. The van der Waals surface area contributed by atoms with E-state index in [2.05, 4.69) is 10.3 Å². The lowest BCUT2D eigenvalue weighted by atomic mass is 10.1. The monoisotopic (exact) mass is 289 g/mol. The quantitative estimate of drug-likeness (QED) is 0.813. The summed E-state index contributed by atoms with van der Waals surface area (Å²) >= 11 is 6.07. The molecule has 0 aliphatic carbocycles. The minimum atomic E-state index is -0.777. The van der Waals surface area contributed by atoms with E-state index in [1.807, 2.05) is 0 Å². The van der Waals surface area contributed by atoms with Crippen LogP contribution < -0.4 is 10.2 Å². The first-order valence-electron chi connectivity index (χ1n) is 5.78. The van der Waals surface area contributed by atoms with Gasteiger partial charge in [0.15, 0.2) is 0 Å². The fraction of sp³-hybridized carbons (Fsp3) is 0.0769. The summed E-state index contributed by atoms with van der Waals surface area (Å²) < 4.78 is 0. The summed E-state index contributed by atoms with van der Waals surface area (Å²) in [5, 5.41) is 3.20. The first kappa shape index (κ1) is 12.6. The lowest BCUT2D eigenvalue weighted by Crippen LogP contribution is -2.53. The maximum atomic E-state index is 11.9. The summed E-state index contributed by atoms with van der Waals surface area (Å²) in [6, 6.07) is 5.79. The number of benzene rings is 1. The molecule has 0 saturated carbocycles. The normalized spacial score (nSPS) is 15.7. The summed E-state index contributed by atoms with van der Waals surface area (Å²) in [6.45, 7) is 0. The summed E-state index contributed by atoms with van der Waals surface area (Å²) in [6.07, 6.45) is 1.17. The average molecular weight is 290 g/mol. The minimum absolute atomic E-state index is 0.306. The summed E-state index contributed by atoms with van der Waals surface area (Å²) in [5.41, 5.74) is 0.734. The van der Waals surface area contributed by atoms with Crippen molar-refractivity contribution in [2.75, 3.05) is 4.90 Å². The second-order valence-corrected chi connectivity index (χ2v) is 4.63. The van der Waals surface area contributed by atoms with Gasteiger partial charge in [0, 0.05) is 11.6 Å². The van der Waals surface area contributed by atoms with Gasteiger partial charge in [-0.1, -0.05) is 11.6 Å². The number of hydrogen-bond donors (Lipinski definition) is 1. The van der Waals surface area contributed by atoms with Crippen LogP contribution in [0.1, 0.15) is 6.42 Å². The number of hydrogen-bond acceptors (Lipinski definition) is 4. The third-order valence-corrected chi connectivity index (χ3v) is 3.28. The SMILES string of the molecule is O=C1CC(=O)N(c2ccc(Cl)c3cccnc23)C(=O)N1. The Kier molecular flexibility index (Phi) is 2.87. The number of anilines is 1. The van der Waals surface area contributed by atoms with Gasteiger partial charge in [-0.2, -0.15) is 0 Å². The molecule has 6 nitrogen and oxygen atoms in total. The molecule has 3 rings (SSSR count). The number of carbonyl (C=O) groups is 3. The molecule has 0 unspecified atom stereocenters. The predicted molar refractivity (Wildman–Crippen MR) is 72.4 cm³/mol. The van der Waals surface area contributed by atoms with E-state index in [-0.39, 0.29) is 6.42 Å². The topological polar surface area (TPSA) is 79.4 Å². The highest BCUT2D eigenvalue weighted by Gasteiger charge is 2.33. The van der Waals surface area contributed by atoms with Crippen molar-refractivity contribution in [3.63, 3.8) is 0 Å². The van der Waals surface area contributed by atoms with Crippen molar-refractivity contribution in [3.8, 4) is 0 Å². The zero-order valence-electron chi connectivity index (χ0n) is 10.1. The number of aromatic nitrogens is 1. The molecule has 1 saturated heterocycles. The van der Waals surface area contributed by atoms with Gasteiger partial charge in [-0.05, 0) is 24.3 Å². The van der Waals surface area contributed by atoms with Crippen LogP contribution in [-0.2, 0) is 9.59 Å². The van der Waals surface area contributed by atoms with Gasteiger partial charge in [-0.3, -0.25) is 19.9 Å². The Morgan fingerprint density at radius 2 is 2.00 bits per heavy atom. The standard InChI is InChI=1S/C13H8ClN3O3/c14-8-3-4-9(12-7(8)2-1-5-15-12)17-11(19)6-10(18)16-13(17)20/h1-5H,6H2,(H,16,18,20). The van der Waals surface area contributed by atoms with Crippen LogP contribution in [0.15, 0.2) is 30.5 Å². The van der Waals surface area contributed by atoms with E-state index in [1.54, 1.807) is 24.4 Å². The van der Waals surface area contributed by atoms with E-state index in [1.165, 1.54) is 6.07 Å². The van der Waals surface area contributed by atoms with E-state index in [4.69, 9.17) is 11.6 Å². The van der Waals surface area contributed by atoms with E-state index in [0.717, 1.165) is 4.90 Å². The van der Waals surface area contributed by atoms with Crippen LogP contribution in [0.3, 0.4) is 0 Å². The van der Waals surface area contributed by atoms with Crippen LogP contribution >= 0.6 is 11.6 Å². The number of barbiturate groups is 1. The largest absolute Gasteiger partial charge is 0.335 e. The maximum absolute atomic E-state index is 11.9.